The summed E-state index contributed by atoms with van der Waals surface area (Å²) in [5.41, 5.74) is 0.826. The summed E-state index contributed by atoms with van der Waals surface area (Å²) in [5.74, 6) is -1.25. The number of Topliss-reactive ketones (excluding diaryl/α,β-unsaturated/α-hetero) is 1. The van der Waals surface area contributed by atoms with Crippen LogP contribution in [0.25, 0.3) is 6.08 Å². The minimum Gasteiger partial charge on any atom is -0.478 e. The molecule has 0 aliphatic carbocycles. The molecule has 0 spiro atoms. The first-order valence-electron chi connectivity index (χ1n) is 4.81. The zero-order valence-electron chi connectivity index (χ0n) is 8.98. The van der Waals surface area contributed by atoms with Crippen molar-refractivity contribution in [3.63, 3.8) is 0 Å². The van der Waals surface area contributed by atoms with Crippen molar-refractivity contribution in [3.8, 4) is 0 Å². The highest BCUT2D eigenvalue weighted by Gasteiger charge is 2.18. The topological polar surface area (TPSA) is 54.4 Å². The lowest BCUT2D eigenvalue weighted by atomic mass is 10.0. The summed E-state index contributed by atoms with van der Waals surface area (Å²) < 4.78 is 0. The molecule has 1 atom stereocenters. The van der Waals surface area contributed by atoms with Crippen LogP contribution >= 0.6 is 27.5 Å². The average molecular weight is 318 g/mol. The van der Waals surface area contributed by atoms with Crippen LogP contribution in [0.15, 0.2) is 24.3 Å². The van der Waals surface area contributed by atoms with Crippen LogP contribution in [0.1, 0.15) is 22.8 Å². The van der Waals surface area contributed by atoms with E-state index in [0.717, 1.165) is 6.08 Å². The predicted octanol–water partition coefficient (Wildman–Crippen LogP) is 3.40. The highest BCUT2D eigenvalue weighted by molar-refractivity contribution is 9.10. The average Bonchev–Trinajstić information content (AvgIpc) is 2.25. The van der Waals surface area contributed by atoms with Crippen molar-refractivity contribution < 1.29 is 14.7 Å². The SMILES string of the molecule is CC(Br)C(=O)c1c(Cl)cccc1C=CC(=O)O. The molecule has 1 aromatic rings. The number of rotatable bonds is 4. The Bertz CT molecular complexity index is 481. The van der Waals surface area contributed by atoms with E-state index in [1.54, 1.807) is 25.1 Å². The quantitative estimate of drug-likeness (QED) is 0.526. The largest absolute Gasteiger partial charge is 0.478 e. The summed E-state index contributed by atoms with van der Waals surface area (Å²) in [6.07, 6.45) is 2.33. The molecule has 1 N–H and O–H groups in total. The molecule has 1 rings (SSSR count). The Kier molecular flexibility index (Phi) is 4.90. The van der Waals surface area contributed by atoms with Gasteiger partial charge in [0.15, 0.2) is 5.78 Å². The molecular formula is C12H10BrClO3. The molecule has 5 heteroatoms. The van der Waals surface area contributed by atoms with Crippen molar-refractivity contribution in [2.75, 3.05) is 0 Å². The molecule has 0 saturated heterocycles. The van der Waals surface area contributed by atoms with E-state index in [4.69, 9.17) is 16.7 Å². The zero-order chi connectivity index (χ0) is 13.0. The van der Waals surface area contributed by atoms with E-state index in [0.29, 0.717) is 16.1 Å². The number of halogens is 2. The van der Waals surface area contributed by atoms with Crippen LogP contribution in [0.2, 0.25) is 5.02 Å². The van der Waals surface area contributed by atoms with Gasteiger partial charge in [0.2, 0.25) is 0 Å². The molecule has 90 valence electrons. The predicted molar refractivity (Wildman–Crippen MR) is 70.8 cm³/mol. The van der Waals surface area contributed by atoms with E-state index in [-0.39, 0.29) is 10.6 Å². The van der Waals surface area contributed by atoms with Gasteiger partial charge in [-0.3, -0.25) is 4.79 Å². The van der Waals surface area contributed by atoms with Crippen LogP contribution < -0.4 is 0 Å². The van der Waals surface area contributed by atoms with Gasteiger partial charge in [0.25, 0.3) is 0 Å². The maximum atomic E-state index is 11.9. The second kappa shape index (κ2) is 5.98. The third-order valence-electron chi connectivity index (χ3n) is 2.06. The van der Waals surface area contributed by atoms with Gasteiger partial charge in [-0.1, -0.05) is 39.7 Å². The van der Waals surface area contributed by atoms with Crippen LogP contribution in [0, 0.1) is 0 Å². The van der Waals surface area contributed by atoms with Crippen molar-refractivity contribution in [3.05, 3.63) is 40.4 Å². The third kappa shape index (κ3) is 3.68. The molecule has 1 unspecified atom stereocenters. The lowest BCUT2D eigenvalue weighted by molar-refractivity contribution is -0.131. The Morgan fingerprint density at radius 2 is 2.12 bits per heavy atom. The molecule has 0 aromatic heterocycles. The summed E-state index contributed by atoms with van der Waals surface area (Å²) in [4.78, 5) is 22.0. The summed E-state index contributed by atoms with van der Waals surface area (Å²) in [6, 6.07) is 4.91. The molecule has 17 heavy (non-hydrogen) atoms. The first-order chi connectivity index (χ1) is 7.93. The molecule has 0 aliphatic heterocycles. The molecule has 3 nitrogen and oxygen atoms in total. The number of ketones is 1. The van der Waals surface area contributed by atoms with Crippen molar-refractivity contribution in [2.45, 2.75) is 11.8 Å². The van der Waals surface area contributed by atoms with E-state index in [9.17, 15) is 9.59 Å². The molecule has 0 saturated carbocycles. The summed E-state index contributed by atoms with van der Waals surface area (Å²) in [5, 5.41) is 8.88. The van der Waals surface area contributed by atoms with E-state index in [1.807, 2.05) is 0 Å². The molecule has 0 fully saturated rings. The number of benzene rings is 1. The summed E-state index contributed by atoms with van der Waals surface area (Å²) >= 11 is 9.14. The molecule has 0 bridgehead atoms. The van der Waals surface area contributed by atoms with Gasteiger partial charge in [-0.25, -0.2) is 4.79 Å². The number of aliphatic carboxylic acids is 1. The van der Waals surface area contributed by atoms with E-state index in [1.165, 1.54) is 6.08 Å². The molecule has 0 radical (unpaired) electrons. The maximum Gasteiger partial charge on any atom is 0.328 e. The molecule has 0 amide bonds. The van der Waals surface area contributed by atoms with Gasteiger partial charge in [0.05, 0.1) is 9.85 Å². The molecule has 1 aromatic carbocycles. The van der Waals surface area contributed by atoms with Crippen molar-refractivity contribution >= 4 is 45.4 Å². The number of carboxylic acid groups (broad SMARTS) is 1. The van der Waals surface area contributed by atoms with Crippen molar-refractivity contribution in [2.24, 2.45) is 0 Å². The minimum atomic E-state index is -1.07. The van der Waals surface area contributed by atoms with Crippen molar-refractivity contribution in [1.82, 2.24) is 0 Å². The number of carbonyl (C=O) groups is 2. The van der Waals surface area contributed by atoms with Gasteiger partial charge in [-0.15, -0.1) is 0 Å². The van der Waals surface area contributed by atoms with Gasteiger partial charge in [0.1, 0.15) is 0 Å². The van der Waals surface area contributed by atoms with Gasteiger partial charge in [0, 0.05) is 11.6 Å². The lowest BCUT2D eigenvalue weighted by Crippen LogP contribution is -2.12. The Morgan fingerprint density at radius 3 is 2.65 bits per heavy atom. The van der Waals surface area contributed by atoms with Gasteiger partial charge >= 0.3 is 5.97 Å². The maximum absolute atomic E-state index is 11.9. The van der Waals surface area contributed by atoms with Crippen molar-refractivity contribution in [1.29, 1.82) is 0 Å². The van der Waals surface area contributed by atoms with E-state index < -0.39 is 5.97 Å². The molecular weight excluding hydrogens is 307 g/mol. The monoisotopic (exact) mass is 316 g/mol. The first kappa shape index (κ1) is 13.9. The highest BCUT2D eigenvalue weighted by Crippen LogP contribution is 2.24. The fourth-order valence-electron chi connectivity index (χ4n) is 1.30. The van der Waals surface area contributed by atoms with Gasteiger partial charge in [-0.05, 0) is 24.6 Å². The first-order valence-corrected chi connectivity index (χ1v) is 6.10. The Labute approximate surface area is 112 Å². The normalized spacial score (nSPS) is 12.6. The standard InChI is InChI=1S/C12H10BrClO3/c1-7(13)12(17)11-8(5-6-10(15)16)3-2-4-9(11)14/h2-7H,1H3,(H,15,16). The summed E-state index contributed by atoms with van der Waals surface area (Å²) in [6.45, 7) is 1.69. The second-order valence-electron chi connectivity index (χ2n) is 3.36. The number of hydrogen-bond acceptors (Lipinski definition) is 2. The zero-order valence-corrected chi connectivity index (χ0v) is 11.3. The van der Waals surface area contributed by atoms with Gasteiger partial charge < -0.3 is 5.11 Å². The Morgan fingerprint density at radius 1 is 1.47 bits per heavy atom. The molecule has 0 aliphatic rings. The highest BCUT2D eigenvalue weighted by atomic mass is 79.9. The van der Waals surface area contributed by atoms with Crippen LogP contribution in [0.4, 0.5) is 0 Å². The van der Waals surface area contributed by atoms with Crippen LogP contribution in [0.5, 0.6) is 0 Å². The van der Waals surface area contributed by atoms with E-state index >= 15 is 0 Å². The fraction of sp³-hybridized carbons (Fsp3) is 0.167. The Hall–Kier alpha value is -1.13. The van der Waals surface area contributed by atoms with Crippen LogP contribution in [-0.4, -0.2) is 21.7 Å². The lowest BCUT2D eigenvalue weighted by Gasteiger charge is -2.08. The van der Waals surface area contributed by atoms with Crippen LogP contribution in [-0.2, 0) is 4.79 Å². The van der Waals surface area contributed by atoms with E-state index in [2.05, 4.69) is 15.9 Å². The number of carboxylic acids is 1. The Balaban J connectivity index is 3.27. The summed E-state index contributed by atoms with van der Waals surface area (Å²) in [7, 11) is 0. The molecule has 0 heterocycles. The smallest absolute Gasteiger partial charge is 0.328 e. The number of alkyl halides is 1. The van der Waals surface area contributed by atoms with Crippen LogP contribution in [0.3, 0.4) is 0 Å². The van der Waals surface area contributed by atoms with Gasteiger partial charge in [-0.2, -0.15) is 0 Å². The number of hydrogen-bond donors (Lipinski definition) is 1. The number of carbonyl (C=O) groups excluding carboxylic acids is 1. The second-order valence-corrected chi connectivity index (χ2v) is 5.14. The minimum absolute atomic E-state index is 0.180. The third-order valence-corrected chi connectivity index (χ3v) is 2.79. The fourth-order valence-corrected chi connectivity index (χ4v) is 1.80.